The van der Waals surface area contributed by atoms with Crippen molar-refractivity contribution >= 4 is 5.78 Å². The molecule has 1 aliphatic carbocycles. The minimum Gasteiger partial charge on any atom is -0.306 e. The first kappa shape index (κ1) is 13.7. The van der Waals surface area contributed by atoms with Crippen LogP contribution >= 0.6 is 0 Å². The van der Waals surface area contributed by atoms with Crippen molar-refractivity contribution in [3.8, 4) is 0 Å². The zero-order valence-corrected chi connectivity index (χ0v) is 11.0. The SMILES string of the molecule is CCCCCN(C)CC1CCCCCC1=O. The lowest BCUT2D eigenvalue weighted by molar-refractivity contribution is -0.123. The van der Waals surface area contributed by atoms with Crippen LogP contribution in [0.25, 0.3) is 0 Å². The van der Waals surface area contributed by atoms with Crippen LogP contribution in [0.3, 0.4) is 0 Å². The molecule has 0 saturated heterocycles. The molecule has 0 aliphatic heterocycles. The average molecular weight is 225 g/mol. The Balaban J connectivity index is 2.24. The number of hydrogen-bond donors (Lipinski definition) is 0. The molecule has 1 fully saturated rings. The number of carbonyl (C=O) groups is 1. The lowest BCUT2D eigenvalue weighted by Gasteiger charge is -2.22. The van der Waals surface area contributed by atoms with Crippen LogP contribution in [-0.4, -0.2) is 30.8 Å². The van der Waals surface area contributed by atoms with E-state index in [9.17, 15) is 4.79 Å². The Kier molecular flexibility index (Phi) is 6.70. The number of unbranched alkanes of at least 4 members (excludes halogenated alkanes) is 2. The standard InChI is InChI=1S/C14H27NO/c1-3-4-8-11-15(2)12-13-9-6-5-7-10-14(13)16/h13H,3-12H2,1-2H3. The molecular formula is C14H27NO. The lowest BCUT2D eigenvalue weighted by Crippen LogP contribution is -2.30. The van der Waals surface area contributed by atoms with Crippen molar-refractivity contribution < 1.29 is 4.79 Å². The fourth-order valence-corrected chi connectivity index (χ4v) is 2.52. The maximum Gasteiger partial charge on any atom is 0.137 e. The molecule has 1 aliphatic rings. The van der Waals surface area contributed by atoms with Gasteiger partial charge in [-0.05, 0) is 32.9 Å². The third-order valence-electron chi connectivity index (χ3n) is 3.61. The van der Waals surface area contributed by atoms with Gasteiger partial charge in [0, 0.05) is 18.9 Å². The molecule has 1 rings (SSSR count). The minimum absolute atomic E-state index is 0.328. The second-order valence-corrected chi connectivity index (χ2v) is 5.23. The van der Waals surface area contributed by atoms with E-state index < -0.39 is 0 Å². The number of nitrogens with zero attached hydrogens (tertiary/aromatic N) is 1. The molecule has 0 spiro atoms. The third kappa shape index (κ3) is 5.11. The van der Waals surface area contributed by atoms with Crippen LogP contribution in [0.4, 0.5) is 0 Å². The van der Waals surface area contributed by atoms with E-state index in [2.05, 4.69) is 18.9 Å². The topological polar surface area (TPSA) is 20.3 Å². The number of hydrogen-bond acceptors (Lipinski definition) is 2. The molecule has 0 radical (unpaired) electrons. The molecule has 0 heterocycles. The second-order valence-electron chi connectivity index (χ2n) is 5.23. The zero-order valence-electron chi connectivity index (χ0n) is 11.0. The van der Waals surface area contributed by atoms with Gasteiger partial charge < -0.3 is 4.90 Å². The van der Waals surface area contributed by atoms with Crippen molar-refractivity contribution in [2.24, 2.45) is 5.92 Å². The van der Waals surface area contributed by atoms with Crippen LogP contribution in [0, 0.1) is 5.92 Å². The van der Waals surface area contributed by atoms with E-state index in [4.69, 9.17) is 0 Å². The van der Waals surface area contributed by atoms with Crippen LogP contribution in [0.2, 0.25) is 0 Å². The summed E-state index contributed by atoms with van der Waals surface area (Å²) in [4.78, 5) is 14.2. The van der Waals surface area contributed by atoms with E-state index >= 15 is 0 Å². The van der Waals surface area contributed by atoms with Crippen molar-refractivity contribution in [1.82, 2.24) is 4.90 Å². The number of Topliss-reactive ketones (excluding diaryl/α,β-unsaturated/α-hetero) is 1. The molecule has 0 amide bonds. The molecule has 0 aromatic heterocycles. The summed E-state index contributed by atoms with van der Waals surface area (Å²) in [5.41, 5.74) is 0. The van der Waals surface area contributed by atoms with Gasteiger partial charge in [-0.3, -0.25) is 4.79 Å². The largest absolute Gasteiger partial charge is 0.306 e. The molecule has 0 N–H and O–H groups in total. The Morgan fingerprint density at radius 3 is 2.81 bits per heavy atom. The fraction of sp³-hybridized carbons (Fsp3) is 0.929. The molecule has 1 atom stereocenters. The van der Waals surface area contributed by atoms with E-state index in [1.54, 1.807) is 0 Å². The molecule has 0 bridgehead atoms. The predicted molar refractivity (Wildman–Crippen MR) is 68.6 cm³/mol. The van der Waals surface area contributed by atoms with E-state index in [0.29, 0.717) is 11.7 Å². The van der Waals surface area contributed by atoms with Crippen LogP contribution in [-0.2, 0) is 4.79 Å². The summed E-state index contributed by atoms with van der Waals surface area (Å²) in [7, 11) is 2.16. The average Bonchev–Trinajstić information content (AvgIpc) is 2.45. The first-order valence-corrected chi connectivity index (χ1v) is 6.95. The summed E-state index contributed by atoms with van der Waals surface area (Å²) < 4.78 is 0. The molecule has 1 saturated carbocycles. The molecule has 0 aromatic carbocycles. The highest BCUT2D eigenvalue weighted by atomic mass is 16.1. The van der Waals surface area contributed by atoms with Gasteiger partial charge in [0.05, 0.1) is 0 Å². The monoisotopic (exact) mass is 225 g/mol. The number of carbonyl (C=O) groups excluding carboxylic acids is 1. The smallest absolute Gasteiger partial charge is 0.137 e. The highest BCUT2D eigenvalue weighted by Crippen LogP contribution is 2.20. The maximum atomic E-state index is 11.9. The molecule has 2 nitrogen and oxygen atoms in total. The van der Waals surface area contributed by atoms with Crippen LogP contribution in [0.15, 0.2) is 0 Å². The summed E-state index contributed by atoms with van der Waals surface area (Å²) in [6.45, 7) is 4.37. The van der Waals surface area contributed by atoms with Crippen LogP contribution < -0.4 is 0 Å². The zero-order chi connectivity index (χ0) is 11.8. The number of ketones is 1. The van der Waals surface area contributed by atoms with E-state index in [0.717, 1.165) is 32.4 Å². The predicted octanol–water partition coefficient (Wildman–Crippen LogP) is 3.26. The van der Waals surface area contributed by atoms with Gasteiger partial charge >= 0.3 is 0 Å². The Morgan fingerprint density at radius 1 is 1.25 bits per heavy atom. The third-order valence-corrected chi connectivity index (χ3v) is 3.61. The Morgan fingerprint density at radius 2 is 2.06 bits per heavy atom. The van der Waals surface area contributed by atoms with Crippen molar-refractivity contribution in [2.45, 2.75) is 58.3 Å². The summed E-state index contributed by atoms with van der Waals surface area (Å²) in [6, 6.07) is 0. The van der Waals surface area contributed by atoms with Crippen molar-refractivity contribution in [1.29, 1.82) is 0 Å². The lowest BCUT2D eigenvalue weighted by atomic mass is 9.98. The first-order valence-electron chi connectivity index (χ1n) is 6.95. The van der Waals surface area contributed by atoms with Gasteiger partial charge in [-0.25, -0.2) is 0 Å². The quantitative estimate of drug-likeness (QED) is 0.511. The van der Waals surface area contributed by atoms with Gasteiger partial charge in [0.2, 0.25) is 0 Å². The summed E-state index contributed by atoms with van der Waals surface area (Å²) >= 11 is 0. The van der Waals surface area contributed by atoms with Gasteiger partial charge in [0.1, 0.15) is 5.78 Å². The van der Waals surface area contributed by atoms with Gasteiger partial charge in [-0.2, -0.15) is 0 Å². The van der Waals surface area contributed by atoms with Gasteiger partial charge in [-0.15, -0.1) is 0 Å². The number of rotatable bonds is 6. The van der Waals surface area contributed by atoms with Gasteiger partial charge in [0.15, 0.2) is 0 Å². The molecular weight excluding hydrogens is 198 g/mol. The summed E-state index contributed by atoms with van der Waals surface area (Å²) in [5, 5.41) is 0. The van der Waals surface area contributed by atoms with Crippen LogP contribution in [0.5, 0.6) is 0 Å². The normalized spacial score (nSPS) is 22.4. The molecule has 1 unspecified atom stereocenters. The minimum atomic E-state index is 0.328. The molecule has 16 heavy (non-hydrogen) atoms. The highest BCUT2D eigenvalue weighted by Gasteiger charge is 2.21. The van der Waals surface area contributed by atoms with Gasteiger partial charge in [-0.1, -0.05) is 32.6 Å². The van der Waals surface area contributed by atoms with E-state index in [-0.39, 0.29) is 0 Å². The van der Waals surface area contributed by atoms with E-state index in [1.807, 2.05) is 0 Å². The van der Waals surface area contributed by atoms with Gasteiger partial charge in [0.25, 0.3) is 0 Å². The molecule has 0 aromatic rings. The Hall–Kier alpha value is -0.370. The van der Waals surface area contributed by atoms with Crippen molar-refractivity contribution in [2.75, 3.05) is 20.1 Å². The highest BCUT2D eigenvalue weighted by molar-refractivity contribution is 5.81. The van der Waals surface area contributed by atoms with Crippen LogP contribution in [0.1, 0.15) is 58.3 Å². The van der Waals surface area contributed by atoms with Crippen molar-refractivity contribution in [3.05, 3.63) is 0 Å². The fourth-order valence-electron chi connectivity index (χ4n) is 2.52. The van der Waals surface area contributed by atoms with E-state index in [1.165, 1.54) is 32.1 Å². The Labute approximate surface area is 100 Å². The first-order chi connectivity index (χ1) is 7.74. The maximum absolute atomic E-state index is 11.9. The summed E-state index contributed by atoms with van der Waals surface area (Å²) in [6.07, 6.45) is 9.42. The Bertz CT molecular complexity index is 203. The van der Waals surface area contributed by atoms with Crippen molar-refractivity contribution in [3.63, 3.8) is 0 Å². The molecule has 2 heteroatoms. The summed E-state index contributed by atoms with van der Waals surface area (Å²) in [5.74, 6) is 0.842. The molecule has 94 valence electrons. The second kappa shape index (κ2) is 7.83.